The van der Waals surface area contributed by atoms with Crippen molar-refractivity contribution >= 4 is 15.9 Å². The Morgan fingerprint density at radius 2 is 1.71 bits per heavy atom. The molecule has 0 aliphatic heterocycles. The minimum absolute atomic E-state index is 0.116. The summed E-state index contributed by atoms with van der Waals surface area (Å²) in [5.74, 6) is 0.357. The first-order valence-corrected chi connectivity index (χ1v) is 5.53. The van der Waals surface area contributed by atoms with Crippen LogP contribution in [0.15, 0.2) is 10.5 Å². The molecule has 78 valence electrons. The van der Waals surface area contributed by atoms with Crippen molar-refractivity contribution in [1.82, 2.24) is 0 Å². The first kappa shape index (κ1) is 11.6. The number of benzene rings is 1. The molecular formula is C12H17BrO. The van der Waals surface area contributed by atoms with Crippen molar-refractivity contribution in [2.75, 3.05) is 0 Å². The van der Waals surface area contributed by atoms with Gasteiger partial charge in [0.1, 0.15) is 5.75 Å². The minimum atomic E-state index is 0.116. The second-order valence-corrected chi connectivity index (χ2v) is 5.57. The zero-order valence-corrected chi connectivity index (χ0v) is 11.0. The molecule has 0 amide bonds. The van der Waals surface area contributed by atoms with Crippen LogP contribution < -0.4 is 0 Å². The van der Waals surface area contributed by atoms with Crippen molar-refractivity contribution in [3.05, 3.63) is 27.2 Å². The predicted molar refractivity (Wildman–Crippen MR) is 64.0 cm³/mol. The summed E-state index contributed by atoms with van der Waals surface area (Å²) in [6.07, 6.45) is 0. The van der Waals surface area contributed by atoms with Crippen LogP contribution in [-0.4, -0.2) is 5.11 Å². The van der Waals surface area contributed by atoms with E-state index in [9.17, 15) is 5.11 Å². The predicted octanol–water partition coefficient (Wildman–Crippen LogP) is 4.07. The van der Waals surface area contributed by atoms with Crippen LogP contribution in [0, 0.1) is 13.8 Å². The molecule has 1 N–H and O–H groups in total. The summed E-state index contributed by atoms with van der Waals surface area (Å²) < 4.78 is 0.822. The third-order valence-electron chi connectivity index (χ3n) is 2.48. The highest BCUT2D eigenvalue weighted by atomic mass is 79.9. The topological polar surface area (TPSA) is 20.2 Å². The molecule has 0 bridgehead atoms. The lowest BCUT2D eigenvalue weighted by molar-refractivity contribution is 0.465. The Kier molecular flexibility index (Phi) is 2.96. The molecule has 0 radical (unpaired) electrons. The van der Waals surface area contributed by atoms with Gasteiger partial charge >= 0.3 is 0 Å². The van der Waals surface area contributed by atoms with Crippen LogP contribution in [0.25, 0.3) is 0 Å². The summed E-state index contributed by atoms with van der Waals surface area (Å²) in [7, 11) is 0. The molecule has 2 heteroatoms. The van der Waals surface area contributed by atoms with Gasteiger partial charge in [-0.05, 0) is 51.9 Å². The third kappa shape index (κ3) is 1.95. The van der Waals surface area contributed by atoms with Crippen LogP contribution in [0.1, 0.15) is 37.5 Å². The van der Waals surface area contributed by atoms with Crippen molar-refractivity contribution in [3.8, 4) is 5.75 Å². The Balaban J connectivity index is 3.49. The standard InChI is InChI=1S/C12H17BrO/c1-7-6-9(12(3,4)5)8(2)10(13)11(7)14/h6,14H,1-5H3. The van der Waals surface area contributed by atoms with Crippen molar-refractivity contribution in [1.29, 1.82) is 0 Å². The van der Waals surface area contributed by atoms with E-state index in [1.165, 1.54) is 5.56 Å². The van der Waals surface area contributed by atoms with E-state index in [-0.39, 0.29) is 5.41 Å². The zero-order chi connectivity index (χ0) is 11.1. The fraction of sp³-hybridized carbons (Fsp3) is 0.500. The SMILES string of the molecule is Cc1cc(C(C)(C)C)c(C)c(Br)c1O. The fourth-order valence-electron chi connectivity index (χ4n) is 1.64. The number of halogens is 1. The normalized spacial score (nSPS) is 11.9. The summed E-state index contributed by atoms with van der Waals surface area (Å²) in [6.45, 7) is 10.5. The van der Waals surface area contributed by atoms with Gasteiger partial charge in [0.05, 0.1) is 4.47 Å². The van der Waals surface area contributed by atoms with Crippen LogP contribution >= 0.6 is 15.9 Å². The summed E-state index contributed by atoms with van der Waals surface area (Å²) in [5, 5.41) is 9.73. The van der Waals surface area contributed by atoms with E-state index in [0.717, 1.165) is 15.6 Å². The summed E-state index contributed by atoms with van der Waals surface area (Å²) in [6, 6.07) is 2.06. The summed E-state index contributed by atoms with van der Waals surface area (Å²) in [5.41, 5.74) is 3.44. The van der Waals surface area contributed by atoms with Gasteiger partial charge in [-0.2, -0.15) is 0 Å². The Labute approximate surface area is 94.3 Å². The third-order valence-corrected chi connectivity index (χ3v) is 3.45. The first-order chi connectivity index (χ1) is 6.25. The van der Waals surface area contributed by atoms with Crippen LogP contribution in [0.3, 0.4) is 0 Å². The number of aryl methyl sites for hydroxylation is 1. The van der Waals surface area contributed by atoms with Gasteiger partial charge < -0.3 is 5.11 Å². The number of hydrogen-bond donors (Lipinski definition) is 1. The smallest absolute Gasteiger partial charge is 0.132 e. The molecule has 0 fully saturated rings. The highest BCUT2D eigenvalue weighted by Crippen LogP contribution is 2.37. The number of rotatable bonds is 0. The molecule has 0 aromatic heterocycles. The molecule has 1 aromatic carbocycles. The average molecular weight is 257 g/mol. The lowest BCUT2D eigenvalue weighted by atomic mass is 9.83. The van der Waals surface area contributed by atoms with Gasteiger partial charge in [-0.25, -0.2) is 0 Å². The molecule has 0 heterocycles. The number of phenolic OH excluding ortho intramolecular Hbond substituents is 1. The van der Waals surface area contributed by atoms with E-state index < -0.39 is 0 Å². The number of phenols is 1. The van der Waals surface area contributed by atoms with E-state index in [0.29, 0.717) is 5.75 Å². The van der Waals surface area contributed by atoms with E-state index in [4.69, 9.17) is 0 Å². The van der Waals surface area contributed by atoms with Crippen molar-refractivity contribution < 1.29 is 5.11 Å². The van der Waals surface area contributed by atoms with Crippen molar-refractivity contribution in [3.63, 3.8) is 0 Å². The summed E-state index contributed by atoms with van der Waals surface area (Å²) in [4.78, 5) is 0. The van der Waals surface area contributed by atoms with E-state index in [2.05, 4.69) is 42.8 Å². The molecule has 1 aromatic rings. The molecule has 1 rings (SSSR count). The zero-order valence-electron chi connectivity index (χ0n) is 9.40. The molecule has 0 aliphatic rings. The van der Waals surface area contributed by atoms with Gasteiger partial charge in [0.15, 0.2) is 0 Å². The molecule has 0 saturated heterocycles. The highest BCUT2D eigenvalue weighted by molar-refractivity contribution is 9.10. The average Bonchev–Trinajstić information content (AvgIpc) is 2.06. The maximum absolute atomic E-state index is 9.73. The molecule has 14 heavy (non-hydrogen) atoms. The van der Waals surface area contributed by atoms with Crippen LogP contribution in [-0.2, 0) is 5.41 Å². The Morgan fingerprint density at radius 3 is 2.14 bits per heavy atom. The quantitative estimate of drug-likeness (QED) is 0.742. The maximum Gasteiger partial charge on any atom is 0.132 e. The molecule has 1 nitrogen and oxygen atoms in total. The fourth-order valence-corrected chi connectivity index (χ4v) is 2.17. The van der Waals surface area contributed by atoms with Gasteiger partial charge in [0.25, 0.3) is 0 Å². The second-order valence-electron chi connectivity index (χ2n) is 4.78. The first-order valence-electron chi connectivity index (χ1n) is 4.74. The Hall–Kier alpha value is -0.500. The molecule has 0 saturated carbocycles. The van der Waals surface area contributed by atoms with Crippen molar-refractivity contribution in [2.24, 2.45) is 0 Å². The molecule has 0 unspecified atom stereocenters. The van der Waals surface area contributed by atoms with Crippen LogP contribution in [0.2, 0.25) is 0 Å². The molecule has 0 aliphatic carbocycles. The largest absolute Gasteiger partial charge is 0.506 e. The van der Waals surface area contributed by atoms with Gasteiger partial charge in [-0.3, -0.25) is 0 Å². The molecule has 0 spiro atoms. The van der Waals surface area contributed by atoms with Crippen LogP contribution in [0.5, 0.6) is 5.75 Å². The lowest BCUT2D eigenvalue weighted by Gasteiger charge is -2.23. The van der Waals surface area contributed by atoms with Gasteiger partial charge in [0.2, 0.25) is 0 Å². The van der Waals surface area contributed by atoms with Gasteiger partial charge in [0, 0.05) is 0 Å². The number of hydrogen-bond acceptors (Lipinski definition) is 1. The van der Waals surface area contributed by atoms with E-state index in [1.54, 1.807) is 0 Å². The highest BCUT2D eigenvalue weighted by Gasteiger charge is 2.20. The minimum Gasteiger partial charge on any atom is -0.506 e. The molecular weight excluding hydrogens is 240 g/mol. The van der Waals surface area contributed by atoms with Gasteiger partial charge in [-0.1, -0.05) is 26.8 Å². The second kappa shape index (κ2) is 3.58. The van der Waals surface area contributed by atoms with E-state index >= 15 is 0 Å². The lowest BCUT2D eigenvalue weighted by Crippen LogP contribution is -2.13. The van der Waals surface area contributed by atoms with Crippen molar-refractivity contribution in [2.45, 2.75) is 40.0 Å². The van der Waals surface area contributed by atoms with Gasteiger partial charge in [-0.15, -0.1) is 0 Å². The summed E-state index contributed by atoms with van der Waals surface area (Å²) >= 11 is 3.42. The maximum atomic E-state index is 9.73. The van der Waals surface area contributed by atoms with E-state index in [1.807, 2.05) is 13.8 Å². The Bertz CT molecular complexity index is 362. The number of aromatic hydroxyl groups is 1. The molecule has 0 atom stereocenters. The Morgan fingerprint density at radius 1 is 1.21 bits per heavy atom. The monoisotopic (exact) mass is 256 g/mol. The van der Waals surface area contributed by atoms with Crippen LogP contribution in [0.4, 0.5) is 0 Å².